The van der Waals surface area contributed by atoms with Crippen molar-refractivity contribution in [3.63, 3.8) is 0 Å². The van der Waals surface area contributed by atoms with Crippen molar-refractivity contribution in [1.29, 1.82) is 0 Å². The molecule has 2 rings (SSSR count). The van der Waals surface area contributed by atoms with Gasteiger partial charge in [-0.05, 0) is 48.9 Å². The van der Waals surface area contributed by atoms with Crippen molar-refractivity contribution in [2.75, 3.05) is 0 Å². The fourth-order valence-electron chi connectivity index (χ4n) is 4.22. The van der Waals surface area contributed by atoms with E-state index in [4.69, 9.17) is 0 Å². The van der Waals surface area contributed by atoms with Crippen LogP contribution in [0, 0.1) is 23.6 Å². The van der Waals surface area contributed by atoms with E-state index in [1.807, 2.05) is 6.92 Å². The number of halogens is 1. The third-order valence-electron chi connectivity index (χ3n) is 5.62. The topological polar surface area (TPSA) is 34.1 Å². The summed E-state index contributed by atoms with van der Waals surface area (Å²) in [7, 11) is 0. The second kappa shape index (κ2) is 9.10. The zero-order chi connectivity index (χ0) is 17.5. The monoisotopic (exact) mass is 332 g/mol. The Morgan fingerprint density at radius 1 is 1.12 bits per heavy atom. The van der Waals surface area contributed by atoms with Gasteiger partial charge in [0.15, 0.2) is 5.78 Å². The molecule has 0 amide bonds. The molecule has 0 aromatic heterocycles. The van der Waals surface area contributed by atoms with Crippen molar-refractivity contribution < 1.29 is 14.0 Å². The van der Waals surface area contributed by atoms with Gasteiger partial charge in [0, 0.05) is 24.3 Å². The van der Waals surface area contributed by atoms with Crippen molar-refractivity contribution in [2.45, 2.75) is 65.2 Å². The zero-order valence-electron chi connectivity index (χ0n) is 14.9. The van der Waals surface area contributed by atoms with Crippen molar-refractivity contribution >= 4 is 11.6 Å². The quantitative estimate of drug-likeness (QED) is 0.581. The first-order chi connectivity index (χ1) is 11.6. The van der Waals surface area contributed by atoms with Crippen LogP contribution >= 0.6 is 0 Å². The second-order valence-corrected chi connectivity index (χ2v) is 7.01. The molecule has 1 aliphatic rings. The van der Waals surface area contributed by atoms with Gasteiger partial charge in [0.2, 0.25) is 0 Å². The lowest BCUT2D eigenvalue weighted by atomic mass is 9.68. The average molecular weight is 332 g/mol. The molecule has 1 aromatic rings. The van der Waals surface area contributed by atoms with Crippen molar-refractivity contribution in [1.82, 2.24) is 0 Å². The number of hydrogen-bond donors (Lipinski definition) is 0. The molecule has 1 aliphatic carbocycles. The van der Waals surface area contributed by atoms with E-state index in [2.05, 4.69) is 6.92 Å². The number of benzene rings is 1. The lowest BCUT2D eigenvalue weighted by Crippen LogP contribution is -2.32. The molecule has 0 heterocycles. The Balaban J connectivity index is 2.04. The molecule has 1 saturated carbocycles. The molecule has 0 unspecified atom stereocenters. The summed E-state index contributed by atoms with van der Waals surface area (Å²) in [4.78, 5) is 24.9. The summed E-state index contributed by atoms with van der Waals surface area (Å²) in [6, 6.07) is 5.69. The number of Topliss-reactive ketones (excluding diaryl/α,β-unsaturated/α-hetero) is 2. The highest BCUT2D eigenvalue weighted by Crippen LogP contribution is 2.39. The minimum atomic E-state index is -0.335. The SMILES string of the molecule is CCC(=O)[C@@H](CCC(=O)c1ccc(F)cc1)[C@@H]1CCCC[C@@H]1CC. The van der Waals surface area contributed by atoms with E-state index < -0.39 is 0 Å². The fourth-order valence-corrected chi connectivity index (χ4v) is 4.22. The van der Waals surface area contributed by atoms with Gasteiger partial charge in [-0.25, -0.2) is 4.39 Å². The Morgan fingerprint density at radius 2 is 1.79 bits per heavy atom. The summed E-state index contributed by atoms with van der Waals surface area (Å²) < 4.78 is 13.0. The number of rotatable bonds is 8. The number of hydrogen-bond acceptors (Lipinski definition) is 2. The normalized spacial score (nSPS) is 22.1. The fraction of sp³-hybridized carbons (Fsp3) is 0.619. The molecule has 1 fully saturated rings. The number of carbonyl (C=O) groups is 2. The minimum absolute atomic E-state index is 0.00430. The molecule has 0 aliphatic heterocycles. The lowest BCUT2D eigenvalue weighted by Gasteiger charge is -2.36. The van der Waals surface area contributed by atoms with Crippen molar-refractivity contribution in [3.8, 4) is 0 Å². The Labute approximate surface area is 144 Å². The molecule has 0 saturated heterocycles. The van der Waals surface area contributed by atoms with Crippen LogP contribution in [0.25, 0.3) is 0 Å². The maximum absolute atomic E-state index is 13.0. The highest BCUT2D eigenvalue weighted by molar-refractivity contribution is 5.96. The van der Waals surface area contributed by atoms with Gasteiger partial charge >= 0.3 is 0 Å². The largest absolute Gasteiger partial charge is 0.299 e. The summed E-state index contributed by atoms with van der Waals surface area (Å²) in [5.74, 6) is 1.01. The van der Waals surface area contributed by atoms with Gasteiger partial charge in [-0.15, -0.1) is 0 Å². The first kappa shape index (κ1) is 18.8. The highest BCUT2D eigenvalue weighted by Gasteiger charge is 2.34. The van der Waals surface area contributed by atoms with Crippen LogP contribution < -0.4 is 0 Å². The summed E-state index contributed by atoms with van der Waals surface area (Å²) >= 11 is 0. The number of ketones is 2. The standard InChI is InChI=1S/C21H29FO2/c1-3-15-7-5-6-8-18(15)19(20(23)4-2)13-14-21(24)16-9-11-17(22)12-10-16/h9-12,15,18-19H,3-8,13-14H2,1-2H3/t15-,18+,19-/m0/s1. The van der Waals surface area contributed by atoms with Gasteiger partial charge < -0.3 is 0 Å². The molecular weight excluding hydrogens is 303 g/mol. The first-order valence-electron chi connectivity index (χ1n) is 9.38. The van der Waals surface area contributed by atoms with Crippen LogP contribution in [0.5, 0.6) is 0 Å². The Kier molecular flexibility index (Phi) is 7.14. The molecule has 132 valence electrons. The maximum Gasteiger partial charge on any atom is 0.162 e. The molecule has 0 bridgehead atoms. The summed E-state index contributed by atoms with van der Waals surface area (Å²) in [6.07, 6.45) is 7.43. The van der Waals surface area contributed by atoms with Crippen molar-refractivity contribution in [3.05, 3.63) is 35.6 Å². The minimum Gasteiger partial charge on any atom is -0.299 e. The smallest absolute Gasteiger partial charge is 0.162 e. The van der Waals surface area contributed by atoms with Gasteiger partial charge in [-0.1, -0.05) is 39.5 Å². The zero-order valence-corrected chi connectivity index (χ0v) is 14.9. The molecule has 24 heavy (non-hydrogen) atoms. The Hall–Kier alpha value is -1.51. The van der Waals surface area contributed by atoms with Gasteiger partial charge in [0.1, 0.15) is 11.6 Å². The summed E-state index contributed by atoms with van der Waals surface area (Å²) in [6.45, 7) is 4.13. The third-order valence-corrected chi connectivity index (χ3v) is 5.62. The van der Waals surface area contributed by atoms with Gasteiger partial charge in [0.25, 0.3) is 0 Å². The van der Waals surface area contributed by atoms with E-state index in [1.165, 1.54) is 43.5 Å². The van der Waals surface area contributed by atoms with Crippen LogP contribution in [-0.4, -0.2) is 11.6 Å². The summed E-state index contributed by atoms with van der Waals surface area (Å²) in [5, 5.41) is 0. The third kappa shape index (κ3) is 4.75. The van der Waals surface area contributed by atoms with Crippen LogP contribution in [0.2, 0.25) is 0 Å². The van der Waals surface area contributed by atoms with Crippen LogP contribution in [0.15, 0.2) is 24.3 Å². The molecule has 0 radical (unpaired) electrons. The van der Waals surface area contributed by atoms with Crippen LogP contribution in [0.3, 0.4) is 0 Å². The maximum atomic E-state index is 13.0. The van der Waals surface area contributed by atoms with Crippen molar-refractivity contribution in [2.24, 2.45) is 17.8 Å². The molecule has 3 atom stereocenters. The Morgan fingerprint density at radius 3 is 2.42 bits per heavy atom. The van der Waals surface area contributed by atoms with E-state index >= 15 is 0 Å². The number of carbonyl (C=O) groups excluding carboxylic acids is 2. The first-order valence-corrected chi connectivity index (χ1v) is 9.38. The van der Waals surface area contributed by atoms with Gasteiger partial charge in [0.05, 0.1) is 0 Å². The van der Waals surface area contributed by atoms with E-state index in [1.54, 1.807) is 0 Å². The van der Waals surface area contributed by atoms with E-state index in [0.29, 0.717) is 42.4 Å². The van der Waals surface area contributed by atoms with Crippen LogP contribution in [0.4, 0.5) is 4.39 Å². The van der Waals surface area contributed by atoms with E-state index in [0.717, 1.165) is 12.8 Å². The average Bonchev–Trinajstić information content (AvgIpc) is 2.62. The lowest BCUT2D eigenvalue weighted by molar-refractivity contribution is -0.125. The summed E-state index contributed by atoms with van der Waals surface area (Å²) in [5.41, 5.74) is 0.537. The van der Waals surface area contributed by atoms with E-state index in [-0.39, 0.29) is 17.5 Å². The predicted octanol–water partition coefficient (Wildman–Crippen LogP) is 5.60. The van der Waals surface area contributed by atoms with E-state index in [9.17, 15) is 14.0 Å². The predicted molar refractivity (Wildman–Crippen MR) is 94.5 cm³/mol. The van der Waals surface area contributed by atoms with Gasteiger partial charge in [-0.3, -0.25) is 9.59 Å². The molecule has 0 N–H and O–H groups in total. The molecule has 3 heteroatoms. The molecule has 1 aromatic carbocycles. The highest BCUT2D eigenvalue weighted by atomic mass is 19.1. The molecule has 0 spiro atoms. The second-order valence-electron chi connectivity index (χ2n) is 7.01. The van der Waals surface area contributed by atoms with Gasteiger partial charge in [-0.2, -0.15) is 0 Å². The Bertz CT molecular complexity index is 549. The molecule has 2 nitrogen and oxygen atoms in total. The van der Waals surface area contributed by atoms with Crippen LogP contribution in [-0.2, 0) is 4.79 Å². The molecular formula is C21H29FO2. The van der Waals surface area contributed by atoms with Crippen LogP contribution in [0.1, 0.15) is 75.6 Å².